The largest absolute Gasteiger partial charge is 0.454 e. The summed E-state index contributed by atoms with van der Waals surface area (Å²) in [6.07, 6.45) is 8.28. The van der Waals surface area contributed by atoms with Crippen molar-refractivity contribution in [1.29, 1.82) is 0 Å². The summed E-state index contributed by atoms with van der Waals surface area (Å²) in [7, 11) is 0. The average molecular weight is 517 g/mol. The van der Waals surface area contributed by atoms with Crippen LogP contribution in [0.15, 0.2) is 66.7 Å². The summed E-state index contributed by atoms with van der Waals surface area (Å²) in [6.45, 7) is 1.84. The number of pyridine rings is 2. The Balaban J connectivity index is 1.26. The number of hydrogen-bond acceptors (Lipinski definition) is 6. The maximum atomic E-state index is 13.0. The molecule has 1 atom stereocenters. The molecule has 0 spiro atoms. The molecule has 1 unspecified atom stereocenters. The van der Waals surface area contributed by atoms with Crippen molar-refractivity contribution in [2.75, 3.05) is 0 Å². The molecule has 39 heavy (non-hydrogen) atoms. The Morgan fingerprint density at radius 1 is 0.872 bits per heavy atom. The van der Waals surface area contributed by atoms with Gasteiger partial charge < -0.3 is 14.9 Å². The van der Waals surface area contributed by atoms with E-state index in [0.29, 0.717) is 39.4 Å². The Hall–Kier alpha value is -4.39. The van der Waals surface area contributed by atoms with Crippen LogP contribution in [-0.4, -0.2) is 32.3 Å². The average Bonchev–Trinajstić information content (AvgIpc) is 2.97. The summed E-state index contributed by atoms with van der Waals surface area (Å²) in [5.41, 5.74) is 4.91. The summed E-state index contributed by atoms with van der Waals surface area (Å²) in [5.74, 6) is -0.432. The first-order valence-electron chi connectivity index (χ1n) is 13.1. The number of aromatic nitrogens is 2. The minimum Gasteiger partial charge on any atom is -0.454 e. The lowest BCUT2D eigenvalue weighted by Crippen LogP contribution is -2.39. The number of rotatable bonds is 5. The Bertz CT molecular complexity index is 1810. The maximum Gasteiger partial charge on any atom is 0.338 e. The van der Waals surface area contributed by atoms with Crippen LogP contribution in [0.2, 0.25) is 0 Å². The van der Waals surface area contributed by atoms with Crippen molar-refractivity contribution < 1.29 is 19.7 Å². The Labute approximate surface area is 225 Å². The minimum atomic E-state index is -1.65. The predicted molar refractivity (Wildman–Crippen MR) is 151 cm³/mol. The van der Waals surface area contributed by atoms with Crippen LogP contribution in [0, 0.1) is 6.92 Å². The van der Waals surface area contributed by atoms with E-state index in [0.717, 1.165) is 40.2 Å². The summed E-state index contributed by atoms with van der Waals surface area (Å²) in [6, 6.07) is 21.0. The SMILES string of the molecule is Cc1c(-c2ccccc2)nc2c(c1C(O)O)=CCC(OC(=O)c1ccc(-c3ccc4c(n3)=CCCC=4)cc1)C=2. The third kappa shape index (κ3) is 4.92. The molecule has 0 radical (unpaired) electrons. The van der Waals surface area contributed by atoms with Crippen LogP contribution in [0.1, 0.15) is 47.0 Å². The van der Waals surface area contributed by atoms with Gasteiger partial charge in [0.25, 0.3) is 0 Å². The molecule has 6 nitrogen and oxygen atoms in total. The van der Waals surface area contributed by atoms with Gasteiger partial charge in [0.2, 0.25) is 0 Å². The topological polar surface area (TPSA) is 92.5 Å². The lowest BCUT2D eigenvalue weighted by Gasteiger charge is -2.19. The normalized spacial score (nSPS) is 15.6. The van der Waals surface area contributed by atoms with E-state index in [4.69, 9.17) is 14.7 Å². The zero-order valence-electron chi connectivity index (χ0n) is 21.5. The number of aliphatic hydroxyl groups excluding tert-OH is 1. The van der Waals surface area contributed by atoms with Crippen molar-refractivity contribution in [1.82, 2.24) is 9.97 Å². The van der Waals surface area contributed by atoms with Gasteiger partial charge >= 0.3 is 5.97 Å². The first-order valence-corrected chi connectivity index (χ1v) is 13.1. The van der Waals surface area contributed by atoms with Crippen molar-refractivity contribution >= 4 is 30.3 Å². The molecule has 0 amide bonds. The number of esters is 1. The lowest BCUT2D eigenvalue weighted by molar-refractivity contribution is -0.0437. The van der Waals surface area contributed by atoms with Crippen molar-refractivity contribution in [2.24, 2.45) is 0 Å². The van der Waals surface area contributed by atoms with E-state index >= 15 is 0 Å². The molecule has 6 heteroatoms. The van der Waals surface area contributed by atoms with Crippen LogP contribution in [0.4, 0.5) is 0 Å². The highest BCUT2D eigenvalue weighted by Gasteiger charge is 2.21. The number of nitrogens with zero attached hydrogens (tertiary/aromatic N) is 2. The molecule has 0 saturated heterocycles. The van der Waals surface area contributed by atoms with Gasteiger partial charge in [0.15, 0.2) is 6.29 Å². The van der Waals surface area contributed by atoms with Crippen LogP contribution in [0.25, 0.3) is 46.8 Å². The van der Waals surface area contributed by atoms with Crippen LogP contribution in [0.3, 0.4) is 0 Å². The number of aliphatic hydroxyl groups is 2. The number of hydrogen-bond donors (Lipinski definition) is 2. The number of benzene rings is 2. The summed E-state index contributed by atoms with van der Waals surface area (Å²) < 4.78 is 5.81. The first kappa shape index (κ1) is 24.9. The molecule has 2 aromatic carbocycles. The third-order valence-electron chi connectivity index (χ3n) is 7.26. The Kier molecular flexibility index (Phi) is 6.65. The molecule has 2 heterocycles. The Morgan fingerprint density at radius 2 is 1.64 bits per heavy atom. The van der Waals surface area contributed by atoms with Gasteiger partial charge in [0, 0.05) is 28.3 Å². The van der Waals surface area contributed by atoms with E-state index in [2.05, 4.69) is 18.2 Å². The van der Waals surface area contributed by atoms with Crippen LogP contribution in [0.5, 0.6) is 0 Å². The number of carbonyl (C=O) groups excluding carboxylic acids is 1. The van der Waals surface area contributed by atoms with Crippen LogP contribution < -0.4 is 21.1 Å². The van der Waals surface area contributed by atoms with Crippen molar-refractivity contribution in [3.63, 3.8) is 0 Å². The second kappa shape index (κ2) is 10.4. The molecule has 0 fully saturated rings. The summed E-state index contributed by atoms with van der Waals surface area (Å²) in [5, 5.41) is 23.7. The third-order valence-corrected chi connectivity index (χ3v) is 7.26. The summed E-state index contributed by atoms with van der Waals surface area (Å²) in [4.78, 5) is 22.6. The van der Waals surface area contributed by atoms with E-state index in [1.54, 1.807) is 18.2 Å². The number of ether oxygens (including phenoxy) is 1. The molecule has 2 aromatic heterocycles. The van der Waals surface area contributed by atoms with E-state index in [1.807, 2.05) is 61.5 Å². The van der Waals surface area contributed by atoms with E-state index < -0.39 is 18.4 Å². The molecular formula is C33H28N2O4. The second-order valence-corrected chi connectivity index (χ2v) is 9.82. The van der Waals surface area contributed by atoms with Gasteiger partial charge in [-0.2, -0.15) is 0 Å². The zero-order valence-corrected chi connectivity index (χ0v) is 21.5. The van der Waals surface area contributed by atoms with Gasteiger partial charge in [0.05, 0.1) is 27.6 Å². The van der Waals surface area contributed by atoms with Crippen molar-refractivity contribution in [2.45, 2.75) is 38.6 Å². The maximum absolute atomic E-state index is 13.0. The highest BCUT2D eigenvalue weighted by molar-refractivity contribution is 5.90. The zero-order chi connectivity index (χ0) is 26.9. The van der Waals surface area contributed by atoms with Gasteiger partial charge in [-0.05, 0) is 54.8 Å². The fraction of sp³-hybridized carbons (Fsp3) is 0.182. The molecule has 2 aliphatic carbocycles. The minimum absolute atomic E-state index is 0.412. The van der Waals surface area contributed by atoms with Gasteiger partial charge in [-0.1, -0.05) is 66.8 Å². The molecule has 194 valence electrons. The fourth-order valence-electron chi connectivity index (χ4n) is 5.27. The standard InChI is InChI=1S/C33H28N2O4/c1-20-30(32(36)37)26-17-16-25(19-29(26)35-31(20)23-8-3-2-4-9-23)39-33(38)24-13-11-22(12-14-24)28-18-15-21-7-5-6-10-27(21)34-28/h2-4,7-15,17-19,25,32,36-37H,5-6,16H2,1H3. The van der Waals surface area contributed by atoms with Gasteiger partial charge in [-0.3, -0.25) is 0 Å². The second-order valence-electron chi connectivity index (χ2n) is 9.82. The molecule has 2 N–H and O–H groups in total. The molecule has 2 aliphatic rings. The molecule has 0 aliphatic heterocycles. The van der Waals surface area contributed by atoms with Gasteiger partial charge in [-0.15, -0.1) is 0 Å². The highest BCUT2D eigenvalue weighted by Crippen LogP contribution is 2.24. The fourth-order valence-corrected chi connectivity index (χ4v) is 5.27. The van der Waals surface area contributed by atoms with E-state index in [-0.39, 0.29) is 0 Å². The molecule has 6 rings (SSSR count). The number of fused-ring (bicyclic) bond motifs is 2. The smallest absolute Gasteiger partial charge is 0.338 e. The molecular weight excluding hydrogens is 488 g/mol. The number of carbonyl (C=O) groups is 1. The highest BCUT2D eigenvalue weighted by atomic mass is 16.5. The van der Waals surface area contributed by atoms with E-state index in [1.165, 1.54) is 0 Å². The monoisotopic (exact) mass is 516 g/mol. The molecule has 0 bridgehead atoms. The van der Waals surface area contributed by atoms with Crippen LogP contribution in [-0.2, 0) is 4.74 Å². The van der Waals surface area contributed by atoms with Crippen LogP contribution >= 0.6 is 0 Å². The Morgan fingerprint density at radius 3 is 2.41 bits per heavy atom. The quantitative estimate of drug-likeness (QED) is 0.313. The summed E-state index contributed by atoms with van der Waals surface area (Å²) >= 11 is 0. The van der Waals surface area contributed by atoms with Gasteiger partial charge in [0.1, 0.15) is 6.10 Å². The molecule has 4 aromatic rings. The first-order chi connectivity index (χ1) is 19.0. The predicted octanol–water partition coefficient (Wildman–Crippen LogP) is 2.65. The van der Waals surface area contributed by atoms with E-state index in [9.17, 15) is 15.0 Å². The molecule has 0 saturated carbocycles. The van der Waals surface area contributed by atoms with Crippen molar-refractivity contribution in [3.8, 4) is 22.5 Å². The lowest BCUT2D eigenvalue weighted by atomic mass is 9.96. The van der Waals surface area contributed by atoms with Crippen molar-refractivity contribution in [3.05, 3.63) is 105 Å². The van der Waals surface area contributed by atoms with Gasteiger partial charge in [-0.25, -0.2) is 14.8 Å².